The summed E-state index contributed by atoms with van der Waals surface area (Å²) < 4.78 is 0. The van der Waals surface area contributed by atoms with Crippen LogP contribution < -0.4 is 0 Å². The summed E-state index contributed by atoms with van der Waals surface area (Å²) in [4.78, 5) is 0. The van der Waals surface area contributed by atoms with E-state index in [1.54, 1.807) is 0 Å². The molecule has 0 aromatic heterocycles. The van der Waals surface area contributed by atoms with Crippen molar-refractivity contribution in [2.45, 2.75) is 0 Å². The summed E-state index contributed by atoms with van der Waals surface area (Å²) in [7, 11) is 0. The van der Waals surface area contributed by atoms with Crippen LogP contribution in [-0.4, -0.2) is 5.83 Å². The fourth-order valence-electron chi connectivity index (χ4n) is 0. The van der Waals surface area contributed by atoms with Gasteiger partial charge in [-0.05, 0) is 5.83 Å². The molecule has 0 N–H and O–H groups in total. The van der Waals surface area contributed by atoms with Gasteiger partial charge in [0.05, 0.1) is 0 Å². The zero-order chi connectivity index (χ0) is 2.00. The summed E-state index contributed by atoms with van der Waals surface area (Å²) in [5, 5.41) is 0. The van der Waals surface area contributed by atoms with E-state index >= 15 is 0 Å². The largest absolute Gasteiger partial charge is 0.269 e. The Morgan fingerprint density at radius 1 is 0.800 bits per heavy atom. The van der Waals surface area contributed by atoms with E-state index in [0.717, 1.165) is 0 Å². The molecule has 0 amide bonds. The number of halogens is 4. The molecule has 0 unspecified atom stereocenters. The van der Waals surface area contributed by atoms with Crippen molar-refractivity contribution in [3.05, 3.63) is 0 Å². The van der Waals surface area contributed by atoms with E-state index in [4.69, 9.17) is 0 Å². The van der Waals surface area contributed by atoms with Gasteiger partial charge < -0.3 is 0 Å². The van der Waals surface area contributed by atoms with Crippen LogP contribution in [0.25, 0.3) is 0 Å². The van der Waals surface area contributed by atoms with Gasteiger partial charge in [-0.15, -0.1) is 0 Å². The van der Waals surface area contributed by atoms with Crippen molar-refractivity contribution >= 4 is 15.9 Å². The second-order valence-corrected chi connectivity index (χ2v) is 0. The average molecular weight is 155 g/mol. The summed E-state index contributed by atoms with van der Waals surface area (Å²) in [6.45, 7) is 0. The maximum absolute atomic E-state index is 2.94. The first-order valence-corrected chi connectivity index (χ1v) is 1.96. The Balaban J connectivity index is -0.00000000167. The Hall–Kier alpha value is 0.270. The second-order valence-electron chi connectivity index (χ2n) is 0. The van der Waals surface area contributed by atoms with Crippen molar-refractivity contribution in [2.75, 3.05) is 5.83 Å². The molecule has 0 bridgehead atoms. The summed E-state index contributed by atoms with van der Waals surface area (Å²) >= 11 is 2.94. The van der Waals surface area contributed by atoms with Gasteiger partial charge in [0.15, 0.2) is 0 Å². The highest BCUT2D eigenvalue weighted by atomic mass is 79.9. The van der Waals surface area contributed by atoms with E-state index in [0.29, 0.717) is 0 Å². The van der Waals surface area contributed by atoms with Crippen molar-refractivity contribution in [3.63, 3.8) is 0 Å². The highest BCUT2D eigenvalue weighted by Crippen LogP contribution is 1.45. The number of hydrogen-bond acceptors (Lipinski definition) is 0. The predicted octanol–water partition coefficient (Wildman–Crippen LogP) is 1.47. The number of alkyl halides is 1. The molecule has 0 aliphatic rings. The van der Waals surface area contributed by atoms with Crippen LogP contribution in [0.2, 0.25) is 0 Å². The first kappa shape index (κ1) is 59.6. The normalized spacial score (nSPS) is 1.20. The molecule has 0 heterocycles. The van der Waals surface area contributed by atoms with E-state index in [2.05, 4.69) is 15.9 Å². The highest BCUT2D eigenvalue weighted by Gasteiger charge is 0.948. The van der Waals surface area contributed by atoms with Gasteiger partial charge >= 0.3 is 0 Å². The molecule has 0 atom stereocenters. The Morgan fingerprint density at radius 3 is 0.800 bits per heavy atom. The third kappa shape index (κ3) is 302. The van der Waals surface area contributed by atoms with Gasteiger partial charge in [0.25, 0.3) is 0 Å². The third-order valence-corrected chi connectivity index (χ3v) is 0. The lowest BCUT2D eigenvalue weighted by Crippen LogP contribution is -0.808. The van der Waals surface area contributed by atoms with Crippen molar-refractivity contribution in [3.8, 4) is 0 Å². The van der Waals surface area contributed by atoms with Gasteiger partial charge in [-0.2, -0.15) is 0 Å². The van der Waals surface area contributed by atoms with Gasteiger partial charge in [0.2, 0.25) is 0 Å². The molecule has 0 radical (unpaired) electrons. The topological polar surface area (TPSA) is 0 Å². The van der Waals surface area contributed by atoms with E-state index in [9.17, 15) is 0 Å². The Kier molecular flexibility index (Phi) is 7460. The fourth-order valence-corrected chi connectivity index (χ4v) is 0. The minimum atomic E-state index is 0. The molecule has 0 aromatic carbocycles. The van der Waals surface area contributed by atoms with Crippen LogP contribution in [0.1, 0.15) is 0 Å². The third-order valence-electron chi connectivity index (χ3n) is 0. The van der Waals surface area contributed by atoms with Crippen molar-refractivity contribution in [1.29, 1.82) is 0 Å². The highest BCUT2D eigenvalue weighted by molar-refractivity contribution is 9.08. The van der Waals surface area contributed by atoms with Crippen molar-refractivity contribution in [1.82, 2.24) is 0 Å². The molecule has 0 rings (SSSR count). The smallest absolute Gasteiger partial charge is 0.00848 e. The van der Waals surface area contributed by atoms with Gasteiger partial charge in [-0.1, -0.05) is 15.9 Å². The monoisotopic (exact) mass is 154 g/mol. The standard InChI is InChI=1S/CH3Br.3FH/c1-2;;;/h1H3;3*1H. The van der Waals surface area contributed by atoms with E-state index in [1.165, 1.54) is 0 Å². The molecule has 0 aliphatic heterocycles. The molecule has 0 nitrogen and oxygen atoms in total. The van der Waals surface area contributed by atoms with Crippen LogP contribution in [0.15, 0.2) is 0 Å². The van der Waals surface area contributed by atoms with Crippen LogP contribution in [-0.2, 0) is 0 Å². The molecule has 4 heteroatoms. The van der Waals surface area contributed by atoms with Crippen LogP contribution in [0.4, 0.5) is 14.1 Å². The summed E-state index contributed by atoms with van der Waals surface area (Å²) in [6, 6.07) is 0. The predicted molar refractivity (Wildman–Crippen MR) is 22.4 cm³/mol. The van der Waals surface area contributed by atoms with Gasteiger partial charge in [0.1, 0.15) is 0 Å². The molecule has 0 saturated heterocycles. The Labute approximate surface area is 36.8 Å². The van der Waals surface area contributed by atoms with Crippen LogP contribution in [0, 0.1) is 0 Å². The van der Waals surface area contributed by atoms with Gasteiger partial charge in [0, 0.05) is 0 Å². The molecular formula is CH6BrF3. The maximum atomic E-state index is 2.94. The molecule has 0 saturated carbocycles. The quantitative estimate of drug-likeness (QED) is 0.464. The molecule has 0 aromatic rings. The van der Waals surface area contributed by atoms with Crippen molar-refractivity contribution < 1.29 is 14.1 Å². The molecule has 5 heavy (non-hydrogen) atoms. The second kappa shape index (κ2) is 626. The summed E-state index contributed by atoms with van der Waals surface area (Å²) in [6.07, 6.45) is 0. The first-order valence-electron chi connectivity index (χ1n) is 0.378. The minimum Gasteiger partial charge on any atom is -0.269 e. The minimum absolute atomic E-state index is 0. The number of hydrogen-bond donors (Lipinski definition) is 0. The molecule has 0 spiro atoms. The van der Waals surface area contributed by atoms with Crippen LogP contribution >= 0.6 is 15.9 Å². The van der Waals surface area contributed by atoms with Crippen LogP contribution in [0.3, 0.4) is 0 Å². The van der Waals surface area contributed by atoms with Gasteiger partial charge in [-0.3, -0.25) is 14.1 Å². The maximum Gasteiger partial charge on any atom is -0.00848 e. The fraction of sp³-hybridized carbons (Fsp3) is 1.00. The summed E-state index contributed by atoms with van der Waals surface area (Å²) in [5.74, 6) is 1.81. The molecule has 0 aliphatic carbocycles. The summed E-state index contributed by atoms with van der Waals surface area (Å²) in [5.41, 5.74) is 0. The van der Waals surface area contributed by atoms with Gasteiger partial charge in [-0.25, -0.2) is 0 Å². The zero-order valence-electron chi connectivity index (χ0n) is 2.60. The zero-order valence-corrected chi connectivity index (χ0v) is 4.19. The van der Waals surface area contributed by atoms with Crippen molar-refractivity contribution in [2.24, 2.45) is 0 Å². The lowest BCUT2D eigenvalue weighted by molar-refractivity contribution is 1.11. The van der Waals surface area contributed by atoms with E-state index < -0.39 is 0 Å². The van der Waals surface area contributed by atoms with E-state index in [1.807, 2.05) is 5.83 Å². The SMILES string of the molecule is CBr.F.F.F. The molecule has 38 valence electrons. The van der Waals surface area contributed by atoms with Crippen LogP contribution in [0.5, 0.6) is 0 Å². The number of rotatable bonds is 0. The molecule has 0 fully saturated rings. The van der Waals surface area contributed by atoms with E-state index in [-0.39, 0.29) is 14.1 Å². The first-order chi connectivity index (χ1) is 1.00. The lowest BCUT2D eigenvalue weighted by Gasteiger charge is -1.05. The molecular weight excluding hydrogens is 149 g/mol. The lowest BCUT2D eigenvalue weighted by atomic mass is 12.0. The Bertz CT molecular complexity index is 6.85. The average Bonchev–Trinajstić information content (AvgIpc) is 1.00. The Morgan fingerprint density at radius 2 is 0.800 bits per heavy atom.